The number of nitrogens with two attached hydrogens (primary N) is 2. The summed E-state index contributed by atoms with van der Waals surface area (Å²) in [7, 11) is 0. The molecule has 4 N–H and O–H groups in total. The third kappa shape index (κ3) is 4.24. The molecule has 192 valence electrons. The molecule has 1 amide bonds. The van der Waals surface area contributed by atoms with Crippen LogP contribution in [0.2, 0.25) is 0 Å². The maximum absolute atomic E-state index is 12.1. The van der Waals surface area contributed by atoms with Crippen molar-refractivity contribution < 1.29 is 14.3 Å². The molecule has 0 radical (unpaired) electrons. The van der Waals surface area contributed by atoms with Crippen molar-refractivity contribution in [2.45, 2.75) is 38.6 Å². The van der Waals surface area contributed by atoms with Crippen LogP contribution in [-0.4, -0.2) is 36.8 Å². The van der Waals surface area contributed by atoms with E-state index in [9.17, 15) is 9.59 Å². The number of carbonyl (C=O) groups is 2. The molecule has 0 spiro atoms. The summed E-state index contributed by atoms with van der Waals surface area (Å²) >= 11 is 1.66. The number of nitrogens with zero attached hydrogens (tertiary/aromatic N) is 5. The topological polar surface area (TPSA) is 152 Å². The second-order valence-electron chi connectivity index (χ2n) is 9.53. The Labute approximate surface area is 221 Å². The number of anilines is 1. The lowest BCUT2D eigenvalue weighted by molar-refractivity contribution is -0.143. The Kier molecular flexibility index (Phi) is 5.99. The van der Waals surface area contributed by atoms with E-state index in [2.05, 4.69) is 39.8 Å². The lowest BCUT2D eigenvalue weighted by Gasteiger charge is -2.27. The zero-order chi connectivity index (χ0) is 26.4. The molecule has 6 rings (SSSR count). The van der Waals surface area contributed by atoms with Gasteiger partial charge in [0.1, 0.15) is 17.8 Å². The summed E-state index contributed by atoms with van der Waals surface area (Å²) in [5.41, 5.74) is 16.5. The first kappa shape index (κ1) is 24.0. The average molecular weight is 528 g/mol. The van der Waals surface area contributed by atoms with E-state index in [1.54, 1.807) is 11.3 Å². The Balaban J connectivity index is 1.39. The van der Waals surface area contributed by atoms with Gasteiger partial charge in [-0.1, -0.05) is 18.2 Å². The monoisotopic (exact) mass is 527 g/mol. The molecule has 4 heterocycles. The van der Waals surface area contributed by atoms with Crippen LogP contribution < -0.4 is 11.5 Å². The summed E-state index contributed by atoms with van der Waals surface area (Å²) in [5.74, 6) is -0.590. The lowest BCUT2D eigenvalue weighted by atomic mass is 9.86. The van der Waals surface area contributed by atoms with E-state index in [1.807, 2.05) is 28.3 Å². The van der Waals surface area contributed by atoms with E-state index in [1.165, 1.54) is 6.33 Å². The maximum atomic E-state index is 12.1. The molecule has 0 unspecified atom stereocenters. The van der Waals surface area contributed by atoms with E-state index in [0.29, 0.717) is 48.2 Å². The van der Waals surface area contributed by atoms with Crippen molar-refractivity contribution in [3.05, 3.63) is 53.7 Å². The van der Waals surface area contributed by atoms with Gasteiger partial charge in [-0.2, -0.15) is 5.10 Å². The number of fused-ring (bicyclic) bond motifs is 2. The first-order chi connectivity index (χ1) is 18.4. The highest BCUT2D eigenvalue weighted by Crippen LogP contribution is 2.38. The second kappa shape index (κ2) is 9.49. The molecule has 11 heteroatoms. The summed E-state index contributed by atoms with van der Waals surface area (Å²) in [6.07, 6.45) is 2.81. The molecule has 1 fully saturated rings. The number of pyridine rings is 1. The smallest absolute Gasteiger partial charge is 0.383 e. The number of carbonyl (C=O) groups excluding carboxylic acids is 2. The van der Waals surface area contributed by atoms with Gasteiger partial charge in [-0.05, 0) is 61.7 Å². The van der Waals surface area contributed by atoms with Gasteiger partial charge in [0.2, 0.25) is 0 Å². The van der Waals surface area contributed by atoms with Gasteiger partial charge >= 0.3 is 12.1 Å². The van der Waals surface area contributed by atoms with Gasteiger partial charge in [0.25, 0.3) is 0 Å². The van der Waals surface area contributed by atoms with E-state index in [-0.39, 0.29) is 12.0 Å². The number of benzene rings is 1. The molecule has 1 aliphatic rings. The second-order valence-corrected chi connectivity index (χ2v) is 10.5. The highest BCUT2D eigenvalue weighted by molar-refractivity contribution is 7.13. The Hall–Kier alpha value is -4.38. The van der Waals surface area contributed by atoms with Crippen molar-refractivity contribution in [2.24, 2.45) is 11.7 Å². The van der Waals surface area contributed by atoms with Crippen molar-refractivity contribution in [3.63, 3.8) is 0 Å². The number of ether oxygens (including phenoxy) is 1. The fraction of sp³-hybridized carbons (Fsp3) is 0.259. The molecule has 10 nitrogen and oxygen atoms in total. The van der Waals surface area contributed by atoms with E-state index < -0.39 is 12.1 Å². The van der Waals surface area contributed by atoms with Crippen molar-refractivity contribution in [2.75, 3.05) is 5.73 Å². The number of thiophene rings is 1. The standard InChI is InChI=1S/C27H25N7O3S/c1-14-11-20(21-3-2-10-38-21)32-19-12-16(6-9-18(14)19)23-22-24(28)30-13-31-25(22)34(33-23)17-7-4-15(5-8-17)26(35)37-27(29)36/h2-3,6,9-13,15,17H,4-5,7-8H2,1H3,(H2,29,36)(H2,28,30,31). The molecule has 1 aromatic carbocycles. The normalized spacial score (nSPS) is 17.6. The van der Waals surface area contributed by atoms with Gasteiger partial charge in [-0.15, -0.1) is 11.3 Å². The van der Waals surface area contributed by atoms with E-state index >= 15 is 0 Å². The van der Waals surface area contributed by atoms with Crippen LogP contribution in [0.4, 0.5) is 10.6 Å². The number of esters is 1. The van der Waals surface area contributed by atoms with Gasteiger partial charge in [0.05, 0.1) is 33.4 Å². The van der Waals surface area contributed by atoms with Crippen molar-refractivity contribution >= 4 is 51.2 Å². The van der Waals surface area contributed by atoms with Gasteiger partial charge in [0, 0.05) is 10.9 Å². The number of aryl methyl sites for hydroxylation is 1. The molecular weight excluding hydrogens is 502 g/mol. The molecule has 0 aliphatic heterocycles. The van der Waals surface area contributed by atoms with Crippen molar-refractivity contribution in [1.82, 2.24) is 24.7 Å². The van der Waals surface area contributed by atoms with Crippen LogP contribution in [0.15, 0.2) is 48.1 Å². The molecule has 1 aliphatic carbocycles. The predicted octanol–water partition coefficient (Wildman–Crippen LogP) is 5.01. The van der Waals surface area contributed by atoms with Gasteiger partial charge in [0.15, 0.2) is 5.65 Å². The highest BCUT2D eigenvalue weighted by Gasteiger charge is 2.31. The predicted molar refractivity (Wildman–Crippen MR) is 145 cm³/mol. The first-order valence-electron chi connectivity index (χ1n) is 12.3. The van der Waals surface area contributed by atoms with Crippen molar-refractivity contribution in [3.8, 4) is 21.8 Å². The number of rotatable bonds is 4. The maximum Gasteiger partial charge on any atom is 0.412 e. The highest BCUT2D eigenvalue weighted by atomic mass is 32.1. The Morgan fingerprint density at radius 3 is 2.66 bits per heavy atom. The molecule has 38 heavy (non-hydrogen) atoms. The SMILES string of the molecule is Cc1cc(-c2cccs2)nc2cc(-c3nn(C4CCC(C(=O)OC(N)=O)CC4)c4ncnc(N)c34)ccc12. The summed E-state index contributed by atoms with van der Waals surface area (Å²) in [6.45, 7) is 2.09. The fourth-order valence-corrected chi connectivity index (χ4v) is 5.98. The molecular formula is C27H25N7O3S. The largest absolute Gasteiger partial charge is 0.412 e. The van der Waals surface area contributed by atoms with Crippen LogP contribution in [0, 0.1) is 12.8 Å². The number of nitrogen functional groups attached to an aromatic ring is 1. The van der Waals surface area contributed by atoms with Gasteiger partial charge in [-0.25, -0.2) is 24.4 Å². The molecule has 4 aromatic heterocycles. The summed E-state index contributed by atoms with van der Waals surface area (Å²) in [5, 5.41) is 8.79. The zero-order valence-electron chi connectivity index (χ0n) is 20.6. The zero-order valence-corrected chi connectivity index (χ0v) is 21.4. The quantitative estimate of drug-likeness (QED) is 0.244. The number of primary amides is 1. The fourth-order valence-electron chi connectivity index (χ4n) is 5.29. The minimum atomic E-state index is -1.07. The Morgan fingerprint density at radius 2 is 1.92 bits per heavy atom. The molecule has 1 saturated carbocycles. The number of amides is 1. The minimum Gasteiger partial charge on any atom is -0.383 e. The molecule has 0 bridgehead atoms. The van der Waals surface area contributed by atoms with Gasteiger partial charge in [-0.3, -0.25) is 4.79 Å². The minimum absolute atomic E-state index is 0.00411. The van der Waals surface area contributed by atoms with E-state index in [4.69, 9.17) is 21.5 Å². The lowest BCUT2D eigenvalue weighted by Crippen LogP contribution is -2.29. The number of hydrogen-bond donors (Lipinski definition) is 2. The van der Waals surface area contributed by atoms with Crippen LogP contribution >= 0.6 is 11.3 Å². The Bertz CT molecular complexity index is 1690. The summed E-state index contributed by atoms with van der Waals surface area (Å²) in [6, 6.07) is 12.3. The number of hydrogen-bond acceptors (Lipinski definition) is 9. The summed E-state index contributed by atoms with van der Waals surface area (Å²) < 4.78 is 6.48. The van der Waals surface area contributed by atoms with Crippen molar-refractivity contribution in [1.29, 1.82) is 0 Å². The van der Waals surface area contributed by atoms with Crippen LogP contribution in [0.1, 0.15) is 37.3 Å². The van der Waals surface area contributed by atoms with Gasteiger partial charge < -0.3 is 16.2 Å². The van der Waals surface area contributed by atoms with E-state index in [0.717, 1.165) is 32.6 Å². The molecule has 0 saturated heterocycles. The number of aromatic nitrogens is 5. The third-order valence-corrected chi connectivity index (χ3v) is 8.05. The van der Waals surface area contributed by atoms with Crippen LogP contribution in [0.3, 0.4) is 0 Å². The van der Waals surface area contributed by atoms with Crippen LogP contribution in [0.5, 0.6) is 0 Å². The molecule has 0 atom stereocenters. The molecule has 5 aromatic rings. The average Bonchev–Trinajstić information content (AvgIpc) is 3.58. The van der Waals surface area contributed by atoms with Crippen LogP contribution in [0.25, 0.3) is 43.8 Å². The van der Waals surface area contributed by atoms with Crippen LogP contribution in [-0.2, 0) is 9.53 Å². The first-order valence-corrected chi connectivity index (χ1v) is 13.2. The third-order valence-electron chi connectivity index (χ3n) is 7.16. The Morgan fingerprint density at radius 1 is 1.11 bits per heavy atom. The summed E-state index contributed by atoms with van der Waals surface area (Å²) in [4.78, 5) is 37.9.